The van der Waals surface area contributed by atoms with Crippen molar-refractivity contribution in [1.29, 1.82) is 0 Å². The lowest BCUT2D eigenvalue weighted by atomic mass is 10.2. The summed E-state index contributed by atoms with van der Waals surface area (Å²) < 4.78 is 5.78. The first-order valence-electron chi connectivity index (χ1n) is 7.93. The van der Waals surface area contributed by atoms with Crippen molar-refractivity contribution in [3.8, 4) is 5.75 Å². The Kier molecular flexibility index (Phi) is 5.25. The van der Waals surface area contributed by atoms with Crippen molar-refractivity contribution in [3.63, 3.8) is 0 Å². The highest BCUT2D eigenvalue weighted by Gasteiger charge is 1.96. The number of nitrogens with one attached hydrogen (secondary N) is 1. The fraction of sp³-hybridized carbons (Fsp3) is 0.0952. The van der Waals surface area contributed by atoms with E-state index in [1.165, 1.54) is 5.56 Å². The number of rotatable bonds is 6. The Labute approximate surface area is 142 Å². The molecule has 0 aliphatic carbocycles. The van der Waals surface area contributed by atoms with Crippen molar-refractivity contribution in [3.05, 3.63) is 95.6 Å². The van der Waals surface area contributed by atoms with Gasteiger partial charge in [-0.05, 0) is 53.9 Å². The first kappa shape index (κ1) is 15.8. The van der Waals surface area contributed by atoms with E-state index in [9.17, 15) is 0 Å². The normalized spacial score (nSPS) is 10.7. The van der Waals surface area contributed by atoms with Crippen LogP contribution in [0, 0.1) is 6.92 Å². The standard InChI is InChI=1S/C21H20N2O/c1-17-7-5-6-10-21(17)23-22-15-18-11-13-20(14-12-18)24-16-19-8-3-2-4-9-19/h2-15,23H,16H2,1H3. The highest BCUT2D eigenvalue weighted by atomic mass is 16.5. The second-order valence-corrected chi connectivity index (χ2v) is 5.53. The lowest BCUT2D eigenvalue weighted by Crippen LogP contribution is -1.95. The van der Waals surface area contributed by atoms with Crippen molar-refractivity contribution in [1.82, 2.24) is 0 Å². The van der Waals surface area contributed by atoms with E-state index in [0.29, 0.717) is 6.61 Å². The van der Waals surface area contributed by atoms with Crippen molar-refractivity contribution < 1.29 is 4.74 Å². The Morgan fingerprint density at radius 2 is 1.58 bits per heavy atom. The van der Waals surface area contributed by atoms with Crippen LogP contribution in [0.5, 0.6) is 5.75 Å². The molecule has 0 radical (unpaired) electrons. The largest absolute Gasteiger partial charge is 0.489 e. The van der Waals surface area contributed by atoms with Gasteiger partial charge in [0.25, 0.3) is 0 Å². The second kappa shape index (κ2) is 7.97. The van der Waals surface area contributed by atoms with Gasteiger partial charge in [-0.1, -0.05) is 48.5 Å². The number of hydrogen-bond acceptors (Lipinski definition) is 3. The summed E-state index contributed by atoms with van der Waals surface area (Å²) >= 11 is 0. The molecule has 0 bridgehead atoms. The van der Waals surface area contributed by atoms with Gasteiger partial charge < -0.3 is 4.74 Å². The van der Waals surface area contributed by atoms with Crippen LogP contribution in [-0.2, 0) is 6.61 Å². The molecule has 0 saturated heterocycles. The molecule has 0 unspecified atom stereocenters. The predicted molar refractivity (Wildman–Crippen MR) is 99.6 cm³/mol. The minimum absolute atomic E-state index is 0.573. The van der Waals surface area contributed by atoms with Crippen LogP contribution in [0.2, 0.25) is 0 Å². The van der Waals surface area contributed by atoms with E-state index < -0.39 is 0 Å². The molecule has 0 fully saturated rings. The van der Waals surface area contributed by atoms with Crippen LogP contribution in [0.25, 0.3) is 0 Å². The molecule has 0 aliphatic heterocycles. The molecule has 24 heavy (non-hydrogen) atoms. The Balaban J connectivity index is 1.54. The summed E-state index contributed by atoms with van der Waals surface area (Å²) in [6.07, 6.45) is 1.80. The fourth-order valence-corrected chi connectivity index (χ4v) is 2.27. The Hall–Kier alpha value is -3.07. The lowest BCUT2D eigenvalue weighted by Gasteiger charge is -2.06. The maximum Gasteiger partial charge on any atom is 0.119 e. The zero-order valence-corrected chi connectivity index (χ0v) is 13.6. The number of nitrogens with zero attached hydrogens (tertiary/aromatic N) is 1. The van der Waals surface area contributed by atoms with E-state index >= 15 is 0 Å². The molecule has 3 rings (SSSR count). The number of anilines is 1. The van der Waals surface area contributed by atoms with E-state index in [2.05, 4.69) is 35.7 Å². The quantitative estimate of drug-likeness (QED) is 0.512. The van der Waals surface area contributed by atoms with Crippen molar-refractivity contribution in [2.24, 2.45) is 5.10 Å². The van der Waals surface area contributed by atoms with E-state index in [-0.39, 0.29) is 0 Å². The molecule has 120 valence electrons. The van der Waals surface area contributed by atoms with Gasteiger partial charge in [0.2, 0.25) is 0 Å². The minimum Gasteiger partial charge on any atom is -0.489 e. The average molecular weight is 316 g/mol. The van der Waals surface area contributed by atoms with Crippen molar-refractivity contribution in [2.75, 3.05) is 5.43 Å². The Morgan fingerprint density at radius 3 is 2.33 bits per heavy atom. The monoisotopic (exact) mass is 316 g/mol. The third-order valence-corrected chi connectivity index (χ3v) is 3.67. The molecule has 3 aromatic carbocycles. The van der Waals surface area contributed by atoms with Crippen LogP contribution in [0.3, 0.4) is 0 Å². The second-order valence-electron chi connectivity index (χ2n) is 5.53. The smallest absolute Gasteiger partial charge is 0.119 e. The van der Waals surface area contributed by atoms with Crippen LogP contribution in [0.1, 0.15) is 16.7 Å². The third kappa shape index (κ3) is 4.46. The van der Waals surface area contributed by atoms with Gasteiger partial charge in [-0.3, -0.25) is 5.43 Å². The van der Waals surface area contributed by atoms with Gasteiger partial charge in [0.1, 0.15) is 12.4 Å². The molecule has 0 atom stereocenters. The third-order valence-electron chi connectivity index (χ3n) is 3.67. The summed E-state index contributed by atoms with van der Waals surface area (Å²) in [5.41, 5.74) is 7.41. The Bertz CT molecular complexity index is 796. The molecule has 3 heteroatoms. The first-order chi connectivity index (χ1) is 11.8. The molecule has 0 aliphatic rings. The number of aryl methyl sites for hydroxylation is 1. The van der Waals surface area contributed by atoms with E-state index in [0.717, 1.165) is 22.6 Å². The van der Waals surface area contributed by atoms with Gasteiger partial charge in [-0.2, -0.15) is 5.10 Å². The maximum absolute atomic E-state index is 5.78. The summed E-state index contributed by atoms with van der Waals surface area (Å²) in [6.45, 7) is 2.62. The van der Waals surface area contributed by atoms with Crippen LogP contribution in [0.4, 0.5) is 5.69 Å². The number of ether oxygens (including phenoxy) is 1. The highest BCUT2D eigenvalue weighted by Crippen LogP contribution is 2.15. The zero-order chi connectivity index (χ0) is 16.6. The number of hydrogen-bond donors (Lipinski definition) is 1. The summed E-state index contributed by atoms with van der Waals surface area (Å²) in [7, 11) is 0. The number of benzene rings is 3. The molecular weight excluding hydrogens is 296 g/mol. The van der Waals surface area contributed by atoms with E-state index in [4.69, 9.17) is 4.74 Å². The molecular formula is C21H20N2O. The molecule has 3 aromatic rings. The van der Waals surface area contributed by atoms with Crippen LogP contribution in [-0.4, -0.2) is 6.21 Å². The molecule has 0 amide bonds. The minimum atomic E-state index is 0.573. The number of hydrazone groups is 1. The van der Waals surface area contributed by atoms with Gasteiger partial charge in [0.05, 0.1) is 11.9 Å². The van der Waals surface area contributed by atoms with Gasteiger partial charge in [0.15, 0.2) is 0 Å². The van der Waals surface area contributed by atoms with E-state index in [1.807, 2.05) is 60.7 Å². The summed E-state index contributed by atoms with van der Waals surface area (Å²) in [5, 5.41) is 4.28. The number of para-hydroxylation sites is 1. The molecule has 0 aromatic heterocycles. The summed E-state index contributed by atoms with van der Waals surface area (Å²) in [4.78, 5) is 0. The molecule has 0 saturated carbocycles. The van der Waals surface area contributed by atoms with E-state index in [1.54, 1.807) is 6.21 Å². The van der Waals surface area contributed by atoms with Gasteiger partial charge in [-0.25, -0.2) is 0 Å². The summed E-state index contributed by atoms with van der Waals surface area (Å²) in [6, 6.07) is 26.1. The molecule has 3 nitrogen and oxygen atoms in total. The fourth-order valence-electron chi connectivity index (χ4n) is 2.27. The van der Waals surface area contributed by atoms with Crippen molar-refractivity contribution in [2.45, 2.75) is 13.5 Å². The molecule has 1 N–H and O–H groups in total. The van der Waals surface area contributed by atoms with Gasteiger partial charge in [-0.15, -0.1) is 0 Å². The van der Waals surface area contributed by atoms with Crippen LogP contribution >= 0.6 is 0 Å². The molecule has 0 spiro atoms. The average Bonchev–Trinajstić information content (AvgIpc) is 2.63. The SMILES string of the molecule is Cc1ccccc1NN=Cc1ccc(OCc2ccccc2)cc1. The maximum atomic E-state index is 5.78. The van der Waals surface area contributed by atoms with Crippen LogP contribution < -0.4 is 10.2 Å². The lowest BCUT2D eigenvalue weighted by molar-refractivity contribution is 0.306. The first-order valence-corrected chi connectivity index (χ1v) is 7.93. The van der Waals surface area contributed by atoms with Crippen LogP contribution in [0.15, 0.2) is 84.0 Å². The Morgan fingerprint density at radius 1 is 0.875 bits per heavy atom. The zero-order valence-electron chi connectivity index (χ0n) is 13.6. The van der Waals surface area contributed by atoms with Gasteiger partial charge >= 0.3 is 0 Å². The van der Waals surface area contributed by atoms with Crippen molar-refractivity contribution >= 4 is 11.9 Å². The summed E-state index contributed by atoms with van der Waals surface area (Å²) in [5.74, 6) is 0.850. The van der Waals surface area contributed by atoms with Gasteiger partial charge in [0, 0.05) is 0 Å². The topological polar surface area (TPSA) is 33.6 Å². The predicted octanol–water partition coefficient (Wildman–Crippen LogP) is 5.02. The highest BCUT2D eigenvalue weighted by molar-refractivity contribution is 5.80. The molecule has 0 heterocycles.